The van der Waals surface area contributed by atoms with E-state index in [1.54, 1.807) is 0 Å². The summed E-state index contributed by atoms with van der Waals surface area (Å²) in [4.78, 5) is 15.8. The number of carbonyl (C=O) groups excluding carboxylic acids is 1. The Labute approximate surface area is 163 Å². The van der Waals surface area contributed by atoms with Crippen LogP contribution in [-0.2, 0) is 4.79 Å². The molecule has 4 nitrogen and oxygen atoms in total. The van der Waals surface area contributed by atoms with Crippen LogP contribution in [0, 0.1) is 18.3 Å². The molecule has 0 unspecified atom stereocenters. The molecule has 0 heterocycles. The highest BCUT2D eigenvalue weighted by atomic mass is 19.4. The van der Waals surface area contributed by atoms with Gasteiger partial charge in [0.05, 0.1) is 18.9 Å². The van der Waals surface area contributed by atoms with E-state index in [0.717, 1.165) is 24.3 Å². The van der Waals surface area contributed by atoms with Gasteiger partial charge in [0.1, 0.15) is 11.9 Å². The molecule has 2 fully saturated rings. The van der Waals surface area contributed by atoms with Crippen LogP contribution in [0.1, 0.15) is 43.7 Å². The maximum atomic E-state index is 14.3. The van der Waals surface area contributed by atoms with Crippen LogP contribution >= 0.6 is 0 Å². The van der Waals surface area contributed by atoms with Gasteiger partial charge < -0.3 is 0 Å². The molecule has 0 aliphatic heterocycles. The fourth-order valence-corrected chi connectivity index (χ4v) is 3.11. The van der Waals surface area contributed by atoms with E-state index in [9.17, 15) is 31.1 Å². The number of hydrogen-bond acceptors (Lipinski definition) is 2. The fourth-order valence-electron chi connectivity index (χ4n) is 3.11. The van der Waals surface area contributed by atoms with Crippen LogP contribution in [0.3, 0.4) is 0 Å². The molecule has 0 saturated heterocycles. The van der Waals surface area contributed by atoms with Gasteiger partial charge in [0.25, 0.3) is 5.92 Å². The molecule has 2 atom stereocenters. The summed E-state index contributed by atoms with van der Waals surface area (Å²) in [5, 5.41) is 4.30. The van der Waals surface area contributed by atoms with Gasteiger partial charge in [-0.15, -0.1) is 0 Å². The summed E-state index contributed by atoms with van der Waals surface area (Å²) in [7, 11) is 0. The average Bonchev–Trinajstić information content (AvgIpc) is 3.52. The second-order valence-electron chi connectivity index (χ2n) is 7.62. The van der Waals surface area contributed by atoms with Crippen molar-refractivity contribution in [3.8, 4) is 0 Å². The third-order valence-corrected chi connectivity index (χ3v) is 5.16. The molecule has 1 aromatic rings. The first kappa shape index (κ1) is 21.4. The molecule has 10 heteroatoms. The third kappa shape index (κ3) is 5.21. The van der Waals surface area contributed by atoms with E-state index in [1.165, 1.54) is 0 Å². The summed E-state index contributed by atoms with van der Waals surface area (Å²) < 4.78 is 82.7. The summed E-state index contributed by atoms with van der Waals surface area (Å²) in [5.41, 5.74) is -1.63. The number of nitrogens with zero attached hydrogens (tertiary/aromatic N) is 1. The Bertz CT molecular complexity index is 794. The predicted octanol–water partition coefficient (Wildman–Crippen LogP) is 4.35. The van der Waals surface area contributed by atoms with Gasteiger partial charge >= 0.3 is 11.8 Å². The second-order valence-corrected chi connectivity index (χ2v) is 7.62. The lowest BCUT2D eigenvalue weighted by Crippen LogP contribution is -2.53. The zero-order chi connectivity index (χ0) is 21.4. The van der Waals surface area contributed by atoms with E-state index < -0.39 is 59.5 Å². The van der Waals surface area contributed by atoms with Gasteiger partial charge in [-0.3, -0.25) is 20.3 Å². The summed E-state index contributed by atoms with van der Waals surface area (Å²) in [5.74, 6) is -6.11. The molecule has 1 amide bonds. The van der Waals surface area contributed by atoms with Crippen molar-refractivity contribution in [3.05, 3.63) is 47.1 Å². The number of halogens is 6. The zero-order valence-electron chi connectivity index (χ0n) is 15.2. The maximum absolute atomic E-state index is 14.3. The van der Waals surface area contributed by atoms with Crippen molar-refractivity contribution in [2.75, 3.05) is 0 Å². The summed E-state index contributed by atoms with van der Waals surface area (Å²) in [6.07, 6.45) is -4.92. The number of nitrogens with one attached hydrogen (secondary N) is 2. The number of alkyl halides is 5. The lowest BCUT2D eigenvalue weighted by molar-refractivity contribution is -0.163. The van der Waals surface area contributed by atoms with Crippen molar-refractivity contribution in [1.29, 1.82) is 0 Å². The van der Waals surface area contributed by atoms with Crippen LogP contribution in [0.5, 0.6) is 0 Å². The predicted molar refractivity (Wildman–Crippen MR) is 91.1 cm³/mol. The lowest BCUT2D eigenvalue weighted by atomic mass is 10.00. The van der Waals surface area contributed by atoms with Crippen molar-refractivity contribution in [3.63, 3.8) is 0 Å². The minimum atomic E-state index is -4.91. The molecule has 0 bridgehead atoms. The molecule has 2 aliphatic rings. The number of benzene rings is 1. The van der Waals surface area contributed by atoms with Crippen LogP contribution in [0.4, 0.5) is 26.3 Å². The van der Waals surface area contributed by atoms with Gasteiger partial charge in [-0.25, -0.2) is 19.7 Å². The topological polar surface area (TPSA) is 45.5 Å². The standard InChI is InChI=1S/C19H19F6N3O/c1-26-17(8-9-17)28-16(29)14(10-18(21,22)12-4-5-12)27-15(19(23,24)25)11-2-6-13(20)7-3-11/h2-3,6-7,12,14-15,27H,4-5,8-10H2,(H,28,29)/t14-,15-/m0/s1. The molecule has 2 saturated carbocycles. The van der Waals surface area contributed by atoms with Crippen LogP contribution in [0.15, 0.2) is 24.3 Å². The van der Waals surface area contributed by atoms with Crippen molar-refractivity contribution in [1.82, 2.24) is 10.6 Å². The highest BCUT2D eigenvalue weighted by molar-refractivity contribution is 5.83. The molecule has 3 rings (SSSR count). The highest BCUT2D eigenvalue weighted by Crippen LogP contribution is 2.46. The van der Waals surface area contributed by atoms with Gasteiger partial charge in [-0.1, -0.05) is 12.1 Å². The van der Waals surface area contributed by atoms with Crippen LogP contribution in [0.25, 0.3) is 4.85 Å². The zero-order valence-corrected chi connectivity index (χ0v) is 15.2. The van der Waals surface area contributed by atoms with Gasteiger partial charge in [-0.2, -0.15) is 13.2 Å². The molecule has 0 aromatic heterocycles. The molecule has 0 radical (unpaired) electrons. The molecule has 2 N–H and O–H groups in total. The van der Waals surface area contributed by atoms with Crippen LogP contribution in [0.2, 0.25) is 0 Å². The molecule has 2 aliphatic carbocycles. The smallest absolute Gasteiger partial charge is 0.291 e. The van der Waals surface area contributed by atoms with Crippen LogP contribution < -0.4 is 10.6 Å². The van der Waals surface area contributed by atoms with Gasteiger partial charge in [-0.05, 0) is 30.5 Å². The van der Waals surface area contributed by atoms with Crippen molar-refractivity contribution >= 4 is 5.91 Å². The SMILES string of the molecule is [C-]#[N+]C1(NC(=O)[C@H](CC(F)(F)C2CC2)N[C@@H](c2ccc(F)cc2)C(F)(F)F)CC1. The van der Waals surface area contributed by atoms with E-state index in [4.69, 9.17) is 6.57 Å². The Kier molecular flexibility index (Phi) is 5.56. The van der Waals surface area contributed by atoms with E-state index in [0.29, 0.717) is 12.8 Å². The second kappa shape index (κ2) is 7.52. The monoisotopic (exact) mass is 419 g/mol. The molecular formula is C19H19F6N3O. The Morgan fingerprint density at radius 2 is 1.76 bits per heavy atom. The summed E-state index contributed by atoms with van der Waals surface area (Å²) in [6, 6.07) is -0.909. The quantitative estimate of drug-likeness (QED) is 0.486. The first-order valence-corrected chi connectivity index (χ1v) is 9.12. The Balaban J connectivity index is 1.85. The maximum Gasteiger partial charge on any atom is 0.407 e. The van der Waals surface area contributed by atoms with E-state index >= 15 is 0 Å². The molecular weight excluding hydrogens is 400 g/mol. The number of hydrogen-bond donors (Lipinski definition) is 2. The van der Waals surface area contributed by atoms with Crippen molar-refractivity contribution in [2.24, 2.45) is 5.92 Å². The minimum absolute atomic E-state index is 0.244. The number of carbonyl (C=O) groups is 1. The van der Waals surface area contributed by atoms with E-state index in [1.807, 2.05) is 5.32 Å². The molecule has 0 spiro atoms. The summed E-state index contributed by atoms with van der Waals surface area (Å²) >= 11 is 0. The van der Waals surface area contributed by atoms with E-state index in [2.05, 4.69) is 10.2 Å². The summed E-state index contributed by atoms with van der Waals surface area (Å²) in [6.45, 7) is 7.08. The van der Waals surface area contributed by atoms with Crippen molar-refractivity contribution in [2.45, 2.75) is 61.9 Å². The fraction of sp³-hybridized carbons (Fsp3) is 0.579. The Hall–Kier alpha value is -2.28. The first-order valence-electron chi connectivity index (χ1n) is 9.12. The van der Waals surface area contributed by atoms with Gasteiger partial charge in [0.15, 0.2) is 0 Å². The van der Waals surface area contributed by atoms with E-state index in [-0.39, 0.29) is 12.8 Å². The number of amides is 1. The minimum Gasteiger partial charge on any atom is -0.291 e. The largest absolute Gasteiger partial charge is 0.407 e. The molecule has 29 heavy (non-hydrogen) atoms. The van der Waals surface area contributed by atoms with Gasteiger partial charge in [0, 0.05) is 12.3 Å². The van der Waals surface area contributed by atoms with Crippen LogP contribution in [-0.4, -0.2) is 29.7 Å². The molecule has 1 aromatic carbocycles. The average molecular weight is 419 g/mol. The normalized spacial score (nSPS) is 20.4. The molecule has 158 valence electrons. The Morgan fingerprint density at radius 1 is 1.17 bits per heavy atom. The first-order chi connectivity index (χ1) is 13.5. The number of rotatable bonds is 8. The Morgan fingerprint density at radius 3 is 2.21 bits per heavy atom. The van der Waals surface area contributed by atoms with Gasteiger partial charge in [0.2, 0.25) is 5.91 Å². The van der Waals surface area contributed by atoms with Crippen molar-refractivity contribution < 1.29 is 31.1 Å². The lowest BCUT2D eigenvalue weighted by Gasteiger charge is -2.29. The third-order valence-electron chi connectivity index (χ3n) is 5.16. The highest BCUT2D eigenvalue weighted by Gasteiger charge is 2.55.